The Morgan fingerprint density at radius 2 is 1.74 bits per heavy atom. The van der Waals surface area contributed by atoms with E-state index in [1.54, 1.807) is 30.3 Å². The zero-order valence-corrected chi connectivity index (χ0v) is 26.1. The van der Waals surface area contributed by atoms with Gasteiger partial charge in [0.25, 0.3) is 0 Å². The lowest BCUT2D eigenvalue weighted by atomic mass is 9.99. The van der Waals surface area contributed by atoms with Crippen LogP contribution in [0.1, 0.15) is 29.2 Å². The van der Waals surface area contributed by atoms with E-state index < -0.39 is 12.2 Å². The zero-order valence-electron chi connectivity index (χ0n) is 25.3. The summed E-state index contributed by atoms with van der Waals surface area (Å²) >= 11 is 6.53. The topological polar surface area (TPSA) is 173 Å². The summed E-state index contributed by atoms with van der Waals surface area (Å²) in [7, 11) is 1.50. The van der Waals surface area contributed by atoms with E-state index in [-0.39, 0.29) is 42.2 Å². The highest BCUT2D eigenvalue weighted by Crippen LogP contribution is 2.33. The largest absolute Gasteiger partial charge is 0.506 e. The Morgan fingerprint density at radius 1 is 0.957 bits per heavy atom. The maximum absolute atomic E-state index is 12.9. The first-order valence-electron chi connectivity index (χ1n) is 14.7. The number of aliphatic hydroxyl groups excluding tert-OH is 1. The average Bonchev–Trinajstić information content (AvgIpc) is 3.05. The highest BCUT2D eigenvalue weighted by Gasteiger charge is 2.16. The van der Waals surface area contributed by atoms with Crippen molar-refractivity contribution in [1.29, 1.82) is 0 Å². The Bertz CT molecular complexity index is 1980. The molecule has 11 nitrogen and oxygen atoms in total. The molecule has 12 heteroatoms. The molecule has 0 aliphatic heterocycles. The van der Waals surface area contributed by atoms with Crippen LogP contribution < -0.4 is 26.2 Å². The molecule has 0 radical (unpaired) electrons. The number of methoxy groups -OCH3 is 1. The van der Waals surface area contributed by atoms with Crippen LogP contribution in [0.25, 0.3) is 22.0 Å². The number of fused-ring (bicyclic) bond motifs is 1. The highest BCUT2D eigenvalue weighted by molar-refractivity contribution is 6.33. The molecule has 0 spiro atoms. The summed E-state index contributed by atoms with van der Waals surface area (Å²) in [4.78, 5) is 38.6. The van der Waals surface area contributed by atoms with E-state index in [2.05, 4.69) is 20.9 Å². The number of benzene rings is 4. The molecule has 242 valence electrons. The van der Waals surface area contributed by atoms with Crippen LogP contribution in [-0.2, 0) is 17.8 Å². The summed E-state index contributed by atoms with van der Waals surface area (Å²) in [6.45, 7) is 0.432. The molecule has 1 heterocycles. The third-order valence-corrected chi connectivity index (χ3v) is 7.93. The molecule has 2 amide bonds. The van der Waals surface area contributed by atoms with Crippen LogP contribution in [0.5, 0.6) is 11.5 Å². The van der Waals surface area contributed by atoms with Crippen molar-refractivity contribution in [3.05, 3.63) is 117 Å². The molecule has 0 saturated heterocycles. The maximum atomic E-state index is 12.9. The number of aromatic hydroxyl groups is 1. The minimum Gasteiger partial charge on any atom is -0.506 e. The number of aliphatic hydroxyl groups is 1. The molecule has 1 aromatic heterocycles. The van der Waals surface area contributed by atoms with Crippen molar-refractivity contribution < 1.29 is 29.6 Å². The van der Waals surface area contributed by atoms with Crippen molar-refractivity contribution >= 4 is 45.9 Å². The van der Waals surface area contributed by atoms with E-state index in [1.165, 1.54) is 19.2 Å². The van der Waals surface area contributed by atoms with E-state index in [4.69, 9.17) is 16.3 Å². The van der Waals surface area contributed by atoms with Crippen molar-refractivity contribution in [3.63, 3.8) is 0 Å². The first kappa shape index (κ1) is 33.0. The Balaban J connectivity index is 1.21. The van der Waals surface area contributed by atoms with Gasteiger partial charge in [-0.25, -0.2) is 4.79 Å². The lowest BCUT2D eigenvalue weighted by molar-refractivity contribution is -0.116. The smallest absolute Gasteiger partial charge is 0.409 e. The Morgan fingerprint density at radius 3 is 2.49 bits per heavy atom. The molecule has 0 saturated carbocycles. The number of pyridine rings is 1. The van der Waals surface area contributed by atoms with E-state index in [9.17, 15) is 29.7 Å². The number of nitrogens with one attached hydrogen (secondary N) is 4. The van der Waals surface area contributed by atoms with Crippen LogP contribution in [0.3, 0.4) is 0 Å². The fourth-order valence-corrected chi connectivity index (χ4v) is 5.56. The Kier molecular flexibility index (Phi) is 10.4. The molecule has 0 fully saturated rings. The van der Waals surface area contributed by atoms with E-state index >= 15 is 0 Å². The molecule has 0 aliphatic rings. The van der Waals surface area contributed by atoms with E-state index in [0.717, 1.165) is 16.7 Å². The maximum Gasteiger partial charge on any atom is 0.409 e. The van der Waals surface area contributed by atoms with Gasteiger partial charge in [0.2, 0.25) is 11.5 Å². The molecule has 0 bridgehead atoms. The van der Waals surface area contributed by atoms with Crippen molar-refractivity contribution in [1.82, 2.24) is 10.3 Å². The molecule has 5 rings (SSSR count). The van der Waals surface area contributed by atoms with Crippen molar-refractivity contribution in [2.45, 2.75) is 25.5 Å². The number of carbonyl (C=O) groups is 2. The summed E-state index contributed by atoms with van der Waals surface area (Å²) in [6.07, 6.45) is -1.65. The highest BCUT2D eigenvalue weighted by atomic mass is 35.5. The Labute approximate surface area is 274 Å². The van der Waals surface area contributed by atoms with Gasteiger partial charge in [-0.05, 0) is 47.4 Å². The van der Waals surface area contributed by atoms with Gasteiger partial charge in [-0.15, -0.1) is 0 Å². The van der Waals surface area contributed by atoms with Gasteiger partial charge in [0.05, 0.1) is 35.1 Å². The van der Waals surface area contributed by atoms with Gasteiger partial charge >= 0.3 is 6.09 Å². The number of ether oxygens (including phenoxy) is 1. The number of halogens is 1. The van der Waals surface area contributed by atoms with Crippen LogP contribution in [0, 0.1) is 0 Å². The number of aromatic amines is 1. The number of hydrogen-bond acceptors (Lipinski definition) is 7. The van der Waals surface area contributed by atoms with Crippen molar-refractivity contribution in [2.75, 3.05) is 24.3 Å². The molecule has 5 aromatic rings. The summed E-state index contributed by atoms with van der Waals surface area (Å²) in [6, 6.07) is 24.0. The predicted molar refractivity (Wildman–Crippen MR) is 181 cm³/mol. The molecule has 7 N–H and O–H groups in total. The van der Waals surface area contributed by atoms with Gasteiger partial charge < -0.3 is 35.7 Å². The van der Waals surface area contributed by atoms with Gasteiger partial charge in [-0.3, -0.25) is 14.9 Å². The molecule has 1 atom stereocenters. The molecular formula is C35H33ClN4O7. The fraction of sp³-hybridized carbons (Fsp3) is 0.171. The lowest BCUT2D eigenvalue weighted by Crippen LogP contribution is -2.22. The zero-order chi connectivity index (χ0) is 33.5. The van der Waals surface area contributed by atoms with E-state index in [0.29, 0.717) is 45.1 Å². The summed E-state index contributed by atoms with van der Waals surface area (Å²) in [5.74, 6) is 0.0957. The van der Waals surface area contributed by atoms with Crippen molar-refractivity contribution in [3.8, 4) is 22.6 Å². The number of carboxylic acid groups (broad SMARTS) is 1. The monoisotopic (exact) mass is 656 g/mol. The summed E-state index contributed by atoms with van der Waals surface area (Å²) in [5.41, 5.74) is 4.29. The SMILES string of the molecule is COc1cc(NC(=O)CCc2ccc(-c3ccccc3)c(NC(=O)O)c2)c(Cl)cc1CNC[C@@H](O)c1ccc(O)c2[nH]c(=O)ccc12. The number of rotatable bonds is 12. The van der Waals surface area contributed by atoms with Gasteiger partial charge in [0.1, 0.15) is 11.5 Å². The molecule has 0 unspecified atom stereocenters. The molecule has 0 aliphatic carbocycles. The lowest BCUT2D eigenvalue weighted by Gasteiger charge is -2.17. The fourth-order valence-electron chi connectivity index (χ4n) is 5.33. The number of carbonyl (C=O) groups excluding carboxylic acids is 1. The molecular weight excluding hydrogens is 624 g/mol. The van der Waals surface area contributed by atoms with Gasteiger partial charge in [0, 0.05) is 48.2 Å². The van der Waals surface area contributed by atoms with Crippen molar-refractivity contribution in [2.24, 2.45) is 0 Å². The quantitative estimate of drug-likeness (QED) is 0.0850. The second-order valence-corrected chi connectivity index (χ2v) is 11.2. The molecule has 47 heavy (non-hydrogen) atoms. The average molecular weight is 657 g/mol. The summed E-state index contributed by atoms with van der Waals surface area (Å²) < 4.78 is 5.54. The predicted octanol–water partition coefficient (Wildman–Crippen LogP) is 6.05. The van der Waals surface area contributed by atoms with Gasteiger partial charge in [0.15, 0.2) is 0 Å². The summed E-state index contributed by atoms with van der Waals surface area (Å²) in [5, 5.41) is 39.6. The second-order valence-electron chi connectivity index (χ2n) is 10.8. The van der Waals surface area contributed by atoms with Crippen LogP contribution in [0.15, 0.2) is 89.7 Å². The standard InChI is InChI=1S/C35H33ClN4O7/c1-47-31-17-28(38-32(43)13-8-20-7-9-23(21-5-3-2-4-6-21)27(15-20)39-35(45)46)26(36)16-22(31)18-37-19-30(42)24-10-12-29(41)34-25(24)11-14-33(44)40-34/h2-7,9-12,14-17,30,37,39,41-42H,8,13,18-19H2,1H3,(H,38,43)(H,40,44)(H,45,46)/t30-/m1/s1. The van der Waals surface area contributed by atoms with Crippen LogP contribution in [-0.4, -0.2) is 46.0 Å². The number of amides is 2. The Hall–Kier alpha value is -5.36. The third kappa shape index (κ3) is 8.08. The van der Waals surface area contributed by atoms with Crippen LogP contribution >= 0.6 is 11.6 Å². The third-order valence-electron chi connectivity index (χ3n) is 7.61. The number of H-pyrrole nitrogens is 1. The number of hydrogen-bond donors (Lipinski definition) is 7. The van der Waals surface area contributed by atoms with Crippen LogP contribution in [0.4, 0.5) is 16.2 Å². The van der Waals surface area contributed by atoms with Gasteiger partial charge in [-0.2, -0.15) is 0 Å². The normalized spacial score (nSPS) is 11.6. The van der Waals surface area contributed by atoms with Gasteiger partial charge in [-0.1, -0.05) is 60.1 Å². The minimum absolute atomic E-state index is 0.0900. The number of anilines is 2. The minimum atomic E-state index is -1.18. The first-order chi connectivity index (χ1) is 22.6. The van der Waals surface area contributed by atoms with E-state index in [1.807, 2.05) is 42.5 Å². The number of phenolic OH excluding ortho intramolecular Hbond substituents is 1. The first-order valence-corrected chi connectivity index (χ1v) is 15.1. The molecule has 4 aromatic carbocycles. The number of aryl methyl sites for hydroxylation is 1. The second kappa shape index (κ2) is 14.8. The number of phenols is 1. The van der Waals surface area contributed by atoms with Crippen LogP contribution in [0.2, 0.25) is 5.02 Å². The number of aromatic nitrogens is 1.